The first-order valence-electron chi connectivity index (χ1n) is 4.12. The molecule has 0 unspecified atom stereocenters. The molecule has 0 spiro atoms. The van der Waals surface area contributed by atoms with Gasteiger partial charge in [0.2, 0.25) is 5.91 Å². The van der Waals surface area contributed by atoms with Gasteiger partial charge in [0.25, 0.3) is 5.69 Å². The molecule has 0 heterocycles. The van der Waals surface area contributed by atoms with Crippen molar-refractivity contribution >= 4 is 11.6 Å². The Bertz CT molecular complexity index is 363. The molecule has 5 heteroatoms. The van der Waals surface area contributed by atoms with E-state index >= 15 is 0 Å². The third-order valence-electron chi connectivity index (χ3n) is 1.83. The quantitative estimate of drug-likeness (QED) is 0.573. The summed E-state index contributed by atoms with van der Waals surface area (Å²) in [7, 11) is 0. The molecule has 0 saturated carbocycles. The minimum Gasteiger partial charge on any atom is -0.370 e. The SMILES string of the molecule is NC(=O)CCc1ccccc1[N+](=O)[O-]. The molecule has 0 radical (unpaired) electrons. The van der Waals surface area contributed by atoms with E-state index in [1.165, 1.54) is 6.07 Å². The maximum absolute atomic E-state index is 10.6. The third-order valence-corrected chi connectivity index (χ3v) is 1.83. The van der Waals surface area contributed by atoms with Crippen molar-refractivity contribution in [1.29, 1.82) is 0 Å². The van der Waals surface area contributed by atoms with Gasteiger partial charge >= 0.3 is 0 Å². The summed E-state index contributed by atoms with van der Waals surface area (Å²) in [4.78, 5) is 20.6. The number of carbonyl (C=O) groups excluding carboxylic acids is 1. The highest BCUT2D eigenvalue weighted by Crippen LogP contribution is 2.18. The van der Waals surface area contributed by atoms with Crippen molar-refractivity contribution in [2.75, 3.05) is 0 Å². The van der Waals surface area contributed by atoms with Crippen molar-refractivity contribution in [3.63, 3.8) is 0 Å². The van der Waals surface area contributed by atoms with Crippen molar-refractivity contribution in [3.8, 4) is 0 Å². The van der Waals surface area contributed by atoms with E-state index < -0.39 is 10.8 Å². The zero-order valence-electron chi connectivity index (χ0n) is 7.47. The summed E-state index contributed by atoms with van der Waals surface area (Å²) in [6.07, 6.45) is 0.442. The number of carbonyl (C=O) groups is 1. The second kappa shape index (κ2) is 4.36. The molecule has 0 aliphatic heterocycles. The number of rotatable bonds is 4. The smallest absolute Gasteiger partial charge is 0.272 e. The van der Waals surface area contributed by atoms with Crippen LogP contribution in [-0.4, -0.2) is 10.8 Å². The highest BCUT2D eigenvalue weighted by Gasteiger charge is 2.12. The average molecular weight is 194 g/mol. The van der Waals surface area contributed by atoms with Crippen LogP contribution in [0.25, 0.3) is 0 Å². The van der Waals surface area contributed by atoms with Crippen LogP contribution in [0.4, 0.5) is 5.69 Å². The Hall–Kier alpha value is -1.91. The van der Waals surface area contributed by atoms with Crippen LogP contribution in [0.5, 0.6) is 0 Å². The number of nitrogens with two attached hydrogens (primary N) is 1. The zero-order valence-corrected chi connectivity index (χ0v) is 7.47. The normalized spacial score (nSPS) is 9.71. The van der Waals surface area contributed by atoms with Gasteiger partial charge in [-0.3, -0.25) is 14.9 Å². The fourth-order valence-electron chi connectivity index (χ4n) is 1.16. The van der Waals surface area contributed by atoms with E-state index in [1.54, 1.807) is 18.2 Å². The number of primary amides is 1. The van der Waals surface area contributed by atoms with E-state index in [4.69, 9.17) is 5.73 Å². The van der Waals surface area contributed by atoms with E-state index in [-0.39, 0.29) is 12.1 Å². The maximum Gasteiger partial charge on any atom is 0.272 e. The molecule has 0 aliphatic rings. The maximum atomic E-state index is 10.6. The molecule has 1 aromatic rings. The van der Waals surface area contributed by atoms with Gasteiger partial charge in [-0.15, -0.1) is 0 Å². The molecule has 1 rings (SSSR count). The van der Waals surface area contributed by atoms with Crippen molar-refractivity contribution in [1.82, 2.24) is 0 Å². The molecule has 0 aromatic heterocycles. The van der Waals surface area contributed by atoms with Crippen LogP contribution >= 0.6 is 0 Å². The molecular formula is C9H10N2O3. The van der Waals surface area contributed by atoms with Gasteiger partial charge in [0.15, 0.2) is 0 Å². The number of hydrogen-bond acceptors (Lipinski definition) is 3. The van der Waals surface area contributed by atoms with E-state index in [9.17, 15) is 14.9 Å². The first-order valence-corrected chi connectivity index (χ1v) is 4.12. The minimum absolute atomic E-state index is 0.0359. The monoisotopic (exact) mass is 194 g/mol. The van der Waals surface area contributed by atoms with Crippen molar-refractivity contribution < 1.29 is 9.72 Å². The van der Waals surface area contributed by atoms with Crippen molar-refractivity contribution in [3.05, 3.63) is 39.9 Å². The van der Waals surface area contributed by atoms with Gasteiger partial charge in [-0.1, -0.05) is 18.2 Å². The van der Waals surface area contributed by atoms with Crippen LogP contribution < -0.4 is 5.73 Å². The molecule has 1 amide bonds. The molecule has 74 valence electrons. The van der Waals surface area contributed by atoms with Gasteiger partial charge in [-0.2, -0.15) is 0 Å². The Labute approximate surface area is 80.7 Å². The summed E-state index contributed by atoms with van der Waals surface area (Å²) in [5, 5.41) is 10.6. The molecule has 0 aliphatic carbocycles. The predicted molar refractivity (Wildman–Crippen MR) is 50.6 cm³/mol. The molecule has 0 fully saturated rings. The Morgan fingerprint density at radius 2 is 2.07 bits per heavy atom. The van der Waals surface area contributed by atoms with Gasteiger partial charge in [0.1, 0.15) is 0 Å². The van der Waals surface area contributed by atoms with Crippen LogP contribution in [0.2, 0.25) is 0 Å². The Morgan fingerprint density at radius 3 is 2.64 bits per heavy atom. The highest BCUT2D eigenvalue weighted by molar-refractivity contribution is 5.74. The highest BCUT2D eigenvalue weighted by atomic mass is 16.6. The summed E-state index contributed by atoms with van der Waals surface area (Å²) in [5.74, 6) is -0.455. The summed E-state index contributed by atoms with van der Waals surface area (Å²) in [6, 6.07) is 6.33. The van der Waals surface area contributed by atoms with Crippen LogP contribution in [0.15, 0.2) is 24.3 Å². The fraction of sp³-hybridized carbons (Fsp3) is 0.222. The first kappa shape index (κ1) is 10.2. The van der Waals surface area contributed by atoms with E-state index in [0.29, 0.717) is 12.0 Å². The molecule has 0 atom stereocenters. The van der Waals surface area contributed by atoms with Gasteiger partial charge < -0.3 is 5.73 Å². The number of benzene rings is 1. The number of nitro groups is 1. The number of aryl methyl sites for hydroxylation is 1. The molecule has 14 heavy (non-hydrogen) atoms. The van der Waals surface area contributed by atoms with Gasteiger partial charge in [0, 0.05) is 18.1 Å². The Balaban J connectivity index is 2.84. The largest absolute Gasteiger partial charge is 0.370 e. The molecule has 5 nitrogen and oxygen atoms in total. The van der Waals surface area contributed by atoms with E-state index in [1.807, 2.05) is 0 Å². The number of hydrogen-bond donors (Lipinski definition) is 1. The lowest BCUT2D eigenvalue weighted by atomic mass is 10.1. The summed E-state index contributed by atoms with van der Waals surface area (Å²) >= 11 is 0. The van der Waals surface area contributed by atoms with Crippen LogP contribution in [-0.2, 0) is 11.2 Å². The summed E-state index contributed by atoms with van der Waals surface area (Å²) < 4.78 is 0. The number of nitrogens with zero attached hydrogens (tertiary/aromatic N) is 1. The number of para-hydroxylation sites is 1. The fourth-order valence-corrected chi connectivity index (χ4v) is 1.16. The Kier molecular flexibility index (Phi) is 3.17. The topological polar surface area (TPSA) is 86.2 Å². The molecule has 2 N–H and O–H groups in total. The second-order valence-corrected chi connectivity index (χ2v) is 2.85. The lowest BCUT2D eigenvalue weighted by Gasteiger charge is -1.99. The standard InChI is InChI=1S/C9H10N2O3/c10-9(12)6-5-7-3-1-2-4-8(7)11(13)14/h1-4H,5-6H2,(H2,10,12). The van der Waals surface area contributed by atoms with E-state index in [2.05, 4.69) is 0 Å². The van der Waals surface area contributed by atoms with Gasteiger partial charge in [-0.25, -0.2) is 0 Å². The predicted octanol–water partition coefficient (Wildman–Crippen LogP) is 1.01. The lowest BCUT2D eigenvalue weighted by Crippen LogP contribution is -2.11. The Morgan fingerprint density at radius 1 is 1.43 bits per heavy atom. The van der Waals surface area contributed by atoms with Crippen LogP contribution in [0.1, 0.15) is 12.0 Å². The minimum atomic E-state index is -0.462. The number of amides is 1. The molecule has 1 aromatic carbocycles. The third kappa shape index (κ3) is 2.55. The average Bonchev–Trinajstić information content (AvgIpc) is 2.15. The van der Waals surface area contributed by atoms with Gasteiger partial charge in [-0.05, 0) is 6.42 Å². The van der Waals surface area contributed by atoms with Crippen molar-refractivity contribution in [2.45, 2.75) is 12.8 Å². The second-order valence-electron chi connectivity index (χ2n) is 2.85. The van der Waals surface area contributed by atoms with Crippen molar-refractivity contribution in [2.24, 2.45) is 5.73 Å². The van der Waals surface area contributed by atoms with Crippen LogP contribution in [0.3, 0.4) is 0 Å². The molecular weight excluding hydrogens is 184 g/mol. The van der Waals surface area contributed by atoms with E-state index in [0.717, 1.165) is 0 Å². The lowest BCUT2D eigenvalue weighted by molar-refractivity contribution is -0.385. The van der Waals surface area contributed by atoms with Gasteiger partial charge in [0.05, 0.1) is 4.92 Å². The first-order chi connectivity index (χ1) is 6.61. The summed E-state index contributed by atoms with van der Waals surface area (Å²) in [5.41, 5.74) is 5.53. The summed E-state index contributed by atoms with van der Waals surface area (Å²) in [6.45, 7) is 0. The zero-order chi connectivity index (χ0) is 10.6. The van der Waals surface area contributed by atoms with Crippen LogP contribution in [0, 0.1) is 10.1 Å². The molecule has 0 bridgehead atoms. The number of nitro benzene ring substituents is 1. The molecule has 0 saturated heterocycles.